The van der Waals surface area contributed by atoms with Gasteiger partial charge in [-0.3, -0.25) is 0 Å². The molecule has 0 aliphatic heterocycles. The first kappa shape index (κ1) is 23.6. The molecular formula is C26H23F3O5. The Morgan fingerprint density at radius 1 is 1.15 bits per heavy atom. The minimum absolute atomic E-state index is 0.0761. The summed E-state index contributed by atoms with van der Waals surface area (Å²) in [5.41, 5.74) is -3.39. The molecular weight excluding hydrogens is 449 g/mol. The molecule has 2 unspecified atom stereocenters. The molecule has 178 valence electrons. The first-order valence-corrected chi connectivity index (χ1v) is 10.6. The summed E-state index contributed by atoms with van der Waals surface area (Å²) in [6.07, 6.45) is -2.87. The van der Waals surface area contributed by atoms with Crippen LogP contribution in [0.25, 0.3) is 22.1 Å². The fourth-order valence-electron chi connectivity index (χ4n) is 4.39. The van der Waals surface area contributed by atoms with Crippen molar-refractivity contribution in [1.29, 1.82) is 0 Å². The highest BCUT2D eigenvalue weighted by molar-refractivity contribution is 5.83. The number of ether oxygens (including phenoxy) is 2. The van der Waals surface area contributed by atoms with Crippen molar-refractivity contribution in [3.8, 4) is 16.9 Å². The molecule has 1 aliphatic carbocycles. The maximum Gasteiger partial charge on any atom is 0.417 e. The van der Waals surface area contributed by atoms with Crippen LogP contribution in [0.2, 0.25) is 0 Å². The lowest BCUT2D eigenvalue weighted by atomic mass is 9.99. The predicted octanol–water partition coefficient (Wildman–Crippen LogP) is 6.14. The van der Waals surface area contributed by atoms with Crippen molar-refractivity contribution >= 4 is 16.9 Å². The number of esters is 1. The molecule has 0 radical (unpaired) electrons. The normalized spacial score (nSPS) is 20.1. The fraction of sp³-hybridized carbons (Fsp3) is 0.308. The van der Waals surface area contributed by atoms with Crippen LogP contribution < -0.4 is 10.4 Å². The molecule has 0 spiro atoms. The summed E-state index contributed by atoms with van der Waals surface area (Å²) in [5, 5.41) is 0.455. The molecule has 1 heterocycles. The van der Waals surface area contributed by atoms with Crippen LogP contribution in [0.15, 0.2) is 70.4 Å². The quantitative estimate of drug-likeness (QED) is 0.245. The van der Waals surface area contributed by atoms with Crippen molar-refractivity contribution in [2.45, 2.75) is 44.6 Å². The van der Waals surface area contributed by atoms with E-state index >= 15 is 0 Å². The summed E-state index contributed by atoms with van der Waals surface area (Å²) in [4.78, 5) is 24.2. The molecule has 1 aliphatic rings. The Hall–Kier alpha value is -3.55. The third kappa shape index (κ3) is 4.44. The smallest absolute Gasteiger partial charge is 0.417 e. The molecule has 1 fully saturated rings. The van der Waals surface area contributed by atoms with Crippen LogP contribution in [0.1, 0.15) is 32.8 Å². The standard InChI is InChI=1S/C26H23F3O5/c1-5-22(30)34-24(2,3)21-14-25(21,4)33-16-11-10-15-12-18(23(31)32-20(15)13-16)17-8-6-7-9-19(17)26(27,28)29/h5-13,21H,1,14H2,2-4H3. The van der Waals surface area contributed by atoms with Gasteiger partial charge in [0.2, 0.25) is 0 Å². The zero-order chi connectivity index (χ0) is 24.9. The number of carbonyl (C=O) groups excluding carboxylic acids is 1. The van der Waals surface area contributed by atoms with Crippen molar-refractivity contribution in [3.63, 3.8) is 0 Å². The molecule has 2 aromatic carbocycles. The summed E-state index contributed by atoms with van der Waals surface area (Å²) in [5.74, 6) is -0.169. The number of alkyl halides is 3. The van der Waals surface area contributed by atoms with Gasteiger partial charge in [-0.1, -0.05) is 24.8 Å². The largest absolute Gasteiger partial charge is 0.487 e. The summed E-state index contributed by atoms with van der Waals surface area (Å²) in [7, 11) is 0. The van der Waals surface area contributed by atoms with Gasteiger partial charge in [0.05, 0.1) is 11.1 Å². The van der Waals surface area contributed by atoms with Crippen LogP contribution >= 0.6 is 0 Å². The van der Waals surface area contributed by atoms with Crippen LogP contribution in [0.5, 0.6) is 5.75 Å². The van der Waals surface area contributed by atoms with Gasteiger partial charge in [-0.05, 0) is 51.5 Å². The van der Waals surface area contributed by atoms with E-state index in [0.717, 1.165) is 12.1 Å². The zero-order valence-corrected chi connectivity index (χ0v) is 18.9. The third-order valence-electron chi connectivity index (χ3n) is 6.14. The Morgan fingerprint density at radius 2 is 1.85 bits per heavy atom. The fourth-order valence-corrected chi connectivity index (χ4v) is 4.39. The van der Waals surface area contributed by atoms with E-state index < -0.39 is 34.5 Å². The Balaban J connectivity index is 1.62. The van der Waals surface area contributed by atoms with E-state index in [9.17, 15) is 22.8 Å². The molecule has 8 heteroatoms. The van der Waals surface area contributed by atoms with Crippen molar-refractivity contribution in [2.75, 3.05) is 0 Å². The lowest BCUT2D eigenvalue weighted by Gasteiger charge is -2.27. The summed E-state index contributed by atoms with van der Waals surface area (Å²) >= 11 is 0. The van der Waals surface area contributed by atoms with Crippen LogP contribution in [0.4, 0.5) is 13.2 Å². The summed E-state index contributed by atoms with van der Waals surface area (Å²) < 4.78 is 57.2. The third-order valence-corrected chi connectivity index (χ3v) is 6.14. The van der Waals surface area contributed by atoms with Gasteiger partial charge in [-0.2, -0.15) is 13.2 Å². The molecule has 0 amide bonds. The van der Waals surface area contributed by atoms with E-state index in [1.54, 1.807) is 26.0 Å². The maximum absolute atomic E-state index is 13.4. The Labute approximate surface area is 193 Å². The predicted molar refractivity (Wildman–Crippen MR) is 120 cm³/mol. The molecule has 3 aromatic rings. The highest BCUT2D eigenvalue weighted by atomic mass is 19.4. The van der Waals surface area contributed by atoms with E-state index in [1.807, 2.05) is 6.92 Å². The van der Waals surface area contributed by atoms with Crippen LogP contribution in [0.3, 0.4) is 0 Å². The highest BCUT2D eigenvalue weighted by Gasteiger charge is 2.61. The maximum atomic E-state index is 13.4. The van der Waals surface area contributed by atoms with Gasteiger partial charge in [0, 0.05) is 29.0 Å². The van der Waals surface area contributed by atoms with Gasteiger partial charge in [0.1, 0.15) is 22.5 Å². The molecule has 34 heavy (non-hydrogen) atoms. The molecule has 0 N–H and O–H groups in total. The van der Waals surface area contributed by atoms with Crippen molar-refractivity contribution in [2.24, 2.45) is 5.92 Å². The van der Waals surface area contributed by atoms with Gasteiger partial charge in [-0.15, -0.1) is 0 Å². The molecule has 4 rings (SSSR count). The van der Waals surface area contributed by atoms with E-state index in [0.29, 0.717) is 17.6 Å². The lowest BCUT2D eigenvalue weighted by Crippen LogP contribution is -2.35. The Bertz CT molecular complexity index is 1340. The molecule has 1 aromatic heterocycles. The minimum Gasteiger partial charge on any atom is -0.487 e. The average Bonchev–Trinajstić information content (AvgIpc) is 3.44. The van der Waals surface area contributed by atoms with E-state index in [2.05, 4.69) is 6.58 Å². The van der Waals surface area contributed by atoms with Gasteiger partial charge >= 0.3 is 17.8 Å². The number of benzene rings is 2. The van der Waals surface area contributed by atoms with E-state index in [1.165, 1.54) is 30.3 Å². The number of halogens is 3. The van der Waals surface area contributed by atoms with Gasteiger partial charge in [0.25, 0.3) is 0 Å². The van der Waals surface area contributed by atoms with Crippen LogP contribution in [0, 0.1) is 5.92 Å². The molecule has 2 atom stereocenters. The second kappa shape index (κ2) is 8.04. The van der Waals surface area contributed by atoms with E-state index in [-0.39, 0.29) is 22.6 Å². The average molecular weight is 472 g/mol. The van der Waals surface area contributed by atoms with Crippen molar-refractivity contribution in [1.82, 2.24) is 0 Å². The number of hydrogen-bond donors (Lipinski definition) is 0. The second-order valence-corrected chi connectivity index (χ2v) is 9.09. The zero-order valence-electron chi connectivity index (χ0n) is 18.9. The number of hydrogen-bond acceptors (Lipinski definition) is 5. The van der Waals surface area contributed by atoms with Gasteiger partial charge in [0.15, 0.2) is 0 Å². The lowest BCUT2D eigenvalue weighted by molar-refractivity contribution is -0.153. The minimum atomic E-state index is -4.61. The number of rotatable bonds is 6. The van der Waals surface area contributed by atoms with Gasteiger partial charge < -0.3 is 13.9 Å². The molecule has 5 nitrogen and oxygen atoms in total. The Kier molecular flexibility index (Phi) is 5.58. The van der Waals surface area contributed by atoms with Crippen molar-refractivity contribution in [3.05, 3.63) is 77.2 Å². The summed E-state index contributed by atoms with van der Waals surface area (Å²) in [6.45, 7) is 8.90. The SMILES string of the molecule is C=CC(=O)OC(C)(C)C1CC1(C)Oc1ccc2cc(-c3ccccc3C(F)(F)F)c(=O)oc2c1. The monoisotopic (exact) mass is 472 g/mol. The summed E-state index contributed by atoms with van der Waals surface area (Å²) in [6, 6.07) is 11.1. The van der Waals surface area contributed by atoms with Crippen molar-refractivity contribution < 1.29 is 31.9 Å². The first-order valence-electron chi connectivity index (χ1n) is 10.6. The van der Waals surface area contributed by atoms with Gasteiger partial charge in [-0.25, -0.2) is 9.59 Å². The second-order valence-electron chi connectivity index (χ2n) is 9.09. The van der Waals surface area contributed by atoms with E-state index in [4.69, 9.17) is 13.9 Å². The van der Waals surface area contributed by atoms with Crippen LogP contribution in [-0.2, 0) is 15.7 Å². The topological polar surface area (TPSA) is 65.7 Å². The number of carbonyl (C=O) groups is 1. The Morgan fingerprint density at radius 3 is 2.53 bits per heavy atom. The molecule has 0 saturated heterocycles. The van der Waals surface area contributed by atoms with Crippen LogP contribution in [-0.4, -0.2) is 17.2 Å². The molecule has 1 saturated carbocycles. The highest BCUT2D eigenvalue weighted by Crippen LogP contribution is 2.54. The number of fused-ring (bicyclic) bond motifs is 1. The molecule has 0 bridgehead atoms. The first-order chi connectivity index (χ1) is 15.8.